The van der Waals surface area contributed by atoms with Crippen LogP contribution < -0.4 is 4.72 Å². The van der Waals surface area contributed by atoms with Crippen LogP contribution in [0, 0.1) is 17.2 Å². The van der Waals surface area contributed by atoms with Crippen LogP contribution in [0.2, 0.25) is 0 Å². The van der Waals surface area contributed by atoms with Crippen LogP contribution in [0.4, 0.5) is 0 Å². The molecule has 1 saturated heterocycles. The number of nitrogens with one attached hydrogen (secondary N) is 1. The molecule has 1 heterocycles. The lowest BCUT2D eigenvalue weighted by atomic mass is 10.1. The van der Waals surface area contributed by atoms with Crippen molar-refractivity contribution in [1.29, 1.82) is 5.26 Å². The molecule has 2 aliphatic rings. The lowest BCUT2D eigenvalue weighted by Crippen LogP contribution is -2.46. The van der Waals surface area contributed by atoms with Crippen LogP contribution >= 0.6 is 0 Å². The zero-order valence-corrected chi connectivity index (χ0v) is 12.4. The largest absolute Gasteiger partial charge is 0.298 e. The van der Waals surface area contributed by atoms with Crippen molar-refractivity contribution in [1.82, 2.24) is 13.9 Å². The van der Waals surface area contributed by atoms with Crippen LogP contribution in [-0.2, 0) is 10.2 Å². The highest BCUT2D eigenvalue weighted by Gasteiger charge is 2.39. The minimum atomic E-state index is -3.47. The van der Waals surface area contributed by atoms with Gasteiger partial charge in [0, 0.05) is 45.2 Å². The van der Waals surface area contributed by atoms with Gasteiger partial charge in [0.2, 0.25) is 0 Å². The maximum atomic E-state index is 12.1. The van der Waals surface area contributed by atoms with E-state index in [4.69, 9.17) is 5.26 Å². The minimum Gasteiger partial charge on any atom is -0.298 e. The maximum Gasteiger partial charge on any atom is 0.279 e. The molecule has 7 heteroatoms. The molecular formula is C12H22N4O2S. The van der Waals surface area contributed by atoms with Gasteiger partial charge < -0.3 is 0 Å². The van der Waals surface area contributed by atoms with Crippen molar-refractivity contribution >= 4 is 10.2 Å². The van der Waals surface area contributed by atoms with Gasteiger partial charge in [-0.3, -0.25) is 4.90 Å². The molecule has 0 spiro atoms. The Kier molecular flexibility index (Phi) is 4.46. The van der Waals surface area contributed by atoms with Crippen LogP contribution in [0.15, 0.2) is 0 Å². The van der Waals surface area contributed by atoms with Crippen molar-refractivity contribution in [3.63, 3.8) is 0 Å². The zero-order valence-electron chi connectivity index (χ0n) is 11.5. The normalized spacial score (nSPS) is 28.7. The highest BCUT2D eigenvalue weighted by molar-refractivity contribution is 7.87. The smallest absolute Gasteiger partial charge is 0.279 e. The summed E-state index contributed by atoms with van der Waals surface area (Å²) in [4.78, 5) is 2.38. The molecule has 1 aliphatic heterocycles. The molecule has 19 heavy (non-hydrogen) atoms. The Hall–Kier alpha value is -0.680. The summed E-state index contributed by atoms with van der Waals surface area (Å²) in [5.74, 6) is 0.333. The predicted octanol–water partition coefficient (Wildman–Crippen LogP) is 0.149. The molecular weight excluding hydrogens is 264 g/mol. The summed E-state index contributed by atoms with van der Waals surface area (Å²) < 4.78 is 28.2. The van der Waals surface area contributed by atoms with E-state index in [0.717, 1.165) is 13.1 Å². The second-order valence-corrected chi connectivity index (χ2v) is 7.43. The molecule has 0 aromatic rings. The van der Waals surface area contributed by atoms with E-state index in [1.54, 1.807) is 0 Å². The Balaban J connectivity index is 1.90. The van der Waals surface area contributed by atoms with Gasteiger partial charge in [-0.1, -0.05) is 6.92 Å². The third-order valence-corrected chi connectivity index (χ3v) is 5.56. The number of hydrogen-bond donors (Lipinski definition) is 1. The molecule has 6 nitrogen and oxygen atoms in total. The Morgan fingerprint density at radius 3 is 2.68 bits per heavy atom. The summed E-state index contributed by atoms with van der Waals surface area (Å²) >= 11 is 0. The summed E-state index contributed by atoms with van der Waals surface area (Å²) in [7, 11) is -1.96. The molecule has 2 rings (SSSR count). The topological polar surface area (TPSA) is 76.4 Å². The fourth-order valence-corrected chi connectivity index (χ4v) is 3.71. The first-order valence-corrected chi connectivity index (χ1v) is 8.22. The van der Waals surface area contributed by atoms with E-state index < -0.39 is 10.2 Å². The van der Waals surface area contributed by atoms with Gasteiger partial charge in [-0.25, -0.2) is 0 Å². The van der Waals surface area contributed by atoms with Gasteiger partial charge in [0.1, 0.15) is 0 Å². The fourth-order valence-electron chi connectivity index (χ4n) is 2.50. The summed E-state index contributed by atoms with van der Waals surface area (Å²) in [6.07, 6.45) is 2.70. The minimum absolute atomic E-state index is 0.0184. The third-order valence-electron chi connectivity index (χ3n) is 3.95. The Bertz CT molecular complexity index is 455. The van der Waals surface area contributed by atoms with Crippen molar-refractivity contribution in [2.24, 2.45) is 5.92 Å². The number of hydrogen-bond acceptors (Lipinski definition) is 4. The molecule has 0 aromatic heterocycles. The molecule has 2 fully saturated rings. The molecule has 0 bridgehead atoms. The fraction of sp³-hybridized carbons (Fsp3) is 0.917. The summed E-state index contributed by atoms with van der Waals surface area (Å²) in [5.41, 5.74) is 0. The first kappa shape index (κ1) is 14.7. The lowest BCUT2D eigenvalue weighted by Gasteiger charge is -2.22. The average molecular weight is 286 g/mol. The molecule has 1 aliphatic carbocycles. The number of likely N-dealkylation sites (tertiary alicyclic amines) is 1. The number of nitrogens with zero attached hydrogens (tertiary/aromatic N) is 3. The highest BCUT2D eigenvalue weighted by atomic mass is 32.2. The van der Waals surface area contributed by atoms with Gasteiger partial charge >= 0.3 is 0 Å². The van der Waals surface area contributed by atoms with E-state index in [-0.39, 0.29) is 19.0 Å². The lowest BCUT2D eigenvalue weighted by molar-refractivity contribution is 0.315. The van der Waals surface area contributed by atoms with Crippen molar-refractivity contribution in [3.05, 3.63) is 0 Å². The summed E-state index contributed by atoms with van der Waals surface area (Å²) in [5, 5.41) is 8.51. The average Bonchev–Trinajstić information content (AvgIpc) is 3.13. The van der Waals surface area contributed by atoms with E-state index in [1.807, 2.05) is 6.07 Å². The van der Waals surface area contributed by atoms with Gasteiger partial charge in [-0.2, -0.15) is 22.7 Å². The first-order valence-electron chi connectivity index (χ1n) is 6.78. The van der Waals surface area contributed by atoms with Gasteiger partial charge in [-0.15, -0.1) is 0 Å². The predicted molar refractivity (Wildman–Crippen MR) is 72.5 cm³/mol. The van der Waals surface area contributed by atoms with Crippen molar-refractivity contribution in [3.8, 4) is 6.07 Å². The van der Waals surface area contributed by atoms with Gasteiger partial charge in [0.25, 0.3) is 10.2 Å². The van der Waals surface area contributed by atoms with Crippen molar-refractivity contribution in [2.75, 3.05) is 26.7 Å². The Morgan fingerprint density at radius 1 is 1.42 bits per heavy atom. The maximum absolute atomic E-state index is 12.1. The van der Waals surface area contributed by atoms with Gasteiger partial charge in [-0.05, 0) is 18.8 Å². The van der Waals surface area contributed by atoms with Crippen LogP contribution in [0.5, 0.6) is 0 Å². The standard InChI is InChI=1S/C12H22N4O2S/c1-10-8-16(11-4-5-11)9-12(10)14-19(17,18)15(2)7-3-6-13/h10-12,14H,3-5,7-9H2,1-2H3/t10-,12-/m1/s1. The van der Waals surface area contributed by atoms with Gasteiger partial charge in [0.05, 0.1) is 6.07 Å². The quantitative estimate of drug-likeness (QED) is 0.754. The summed E-state index contributed by atoms with van der Waals surface area (Å²) in [6, 6.07) is 2.62. The van der Waals surface area contributed by atoms with E-state index in [1.165, 1.54) is 24.2 Å². The zero-order chi connectivity index (χ0) is 14.0. The van der Waals surface area contributed by atoms with E-state index in [0.29, 0.717) is 12.0 Å². The highest BCUT2D eigenvalue weighted by Crippen LogP contribution is 2.31. The monoisotopic (exact) mass is 286 g/mol. The van der Waals surface area contributed by atoms with Crippen LogP contribution in [0.3, 0.4) is 0 Å². The molecule has 108 valence electrons. The van der Waals surface area contributed by atoms with Crippen LogP contribution in [-0.4, -0.2) is 56.4 Å². The molecule has 2 atom stereocenters. The third kappa shape index (κ3) is 3.66. The molecule has 0 aromatic carbocycles. The SMILES string of the molecule is C[C@@H]1CN(C2CC2)C[C@H]1NS(=O)(=O)N(C)CCC#N. The van der Waals surface area contributed by atoms with Crippen molar-refractivity contribution < 1.29 is 8.42 Å². The molecule has 0 unspecified atom stereocenters. The second-order valence-electron chi connectivity index (χ2n) is 5.62. The molecule has 0 radical (unpaired) electrons. The van der Waals surface area contributed by atoms with Gasteiger partial charge in [0.15, 0.2) is 0 Å². The van der Waals surface area contributed by atoms with Crippen LogP contribution in [0.25, 0.3) is 0 Å². The number of rotatable bonds is 6. The van der Waals surface area contributed by atoms with Crippen LogP contribution in [0.1, 0.15) is 26.2 Å². The van der Waals surface area contributed by atoms with Crippen molar-refractivity contribution in [2.45, 2.75) is 38.3 Å². The van der Waals surface area contributed by atoms with E-state index in [9.17, 15) is 8.42 Å². The number of nitriles is 1. The Morgan fingerprint density at radius 2 is 2.11 bits per heavy atom. The summed E-state index contributed by atoms with van der Waals surface area (Å²) in [6.45, 7) is 4.10. The molecule has 1 saturated carbocycles. The first-order chi connectivity index (χ1) is 8.94. The molecule has 0 amide bonds. The molecule has 1 N–H and O–H groups in total. The Labute approximate surface area is 115 Å². The van der Waals surface area contributed by atoms with E-state index >= 15 is 0 Å². The second kappa shape index (κ2) is 5.75. The van der Waals surface area contributed by atoms with E-state index in [2.05, 4.69) is 16.5 Å².